The highest BCUT2D eigenvalue weighted by Crippen LogP contribution is 2.43. The molecule has 0 spiro atoms. The maximum absolute atomic E-state index is 12.5. The van der Waals surface area contributed by atoms with Crippen LogP contribution in [0.2, 0.25) is 0 Å². The van der Waals surface area contributed by atoms with Gasteiger partial charge in [0.05, 0.1) is 5.25 Å². The average molecular weight is 338 g/mol. The Labute approximate surface area is 136 Å². The molecule has 2 amide bonds. The Bertz CT molecular complexity index is 691. The van der Waals surface area contributed by atoms with Gasteiger partial charge < -0.3 is 0 Å². The van der Waals surface area contributed by atoms with Crippen LogP contribution in [0.25, 0.3) is 0 Å². The van der Waals surface area contributed by atoms with Crippen molar-refractivity contribution in [2.75, 3.05) is 5.32 Å². The fourth-order valence-electron chi connectivity index (χ4n) is 3.81. The summed E-state index contributed by atoms with van der Waals surface area (Å²) in [5, 5.41) is 1.95. The SMILES string of the molecule is Cc1cc(C)nc(NC(=O)NS(=O)(=O)C2CC3CCC2CC3)n1. The van der Waals surface area contributed by atoms with Gasteiger partial charge in [-0.15, -0.1) is 0 Å². The van der Waals surface area contributed by atoms with Crippen LogP contribution in [0.15, 0.2) is 6.07 Å². The number of nitrogens with zero attached hydrogens (tertiary/aromatic N) is 2. The Kier molecular flexibility index (Phi) is 4.27. The molecular formula is C15H22N4O3S. The zero-order valence-electron chi connectivity index (χ0n) is 13.4. The Balaban J connectivity index is 1.67. The van der Waals surface area contributed by atoms with Crippen LogP contribution in [-0.2, 0) is 10.0 Å². The first-order valence-corrected chi connectivity index (χ1v) is 9.53. The van der Waals surface area contributed by atoms with E-state index in [1.54, 1.807) is 19.9 Å². The van der Waals surface area contributed by atoms with Crippen LogP contribution < -0.4 is 10.0 Å². The molecule has 7 nitrogen and oxygen atoms in total. The maximum atomic E-state index is 12.5. The zero-order valence-corrected chi connectivity index (χ0v) is 14.2. The van der Waals surface area contributed by atoms with Gasteiger partial charge in [-0.2, -0.15) is 0 Å². The lowest BCUT2D eigenvalue weighted by Crippen LogP contribution is -2.48. The highest BCUT2D eigenvalue weighted by molar-refractivity contribution is 7.90. The van der Waals surface area contributed by atoms with Gasteiger partial charge in [-0.1, -0.05) is 12.8 Å². The van der Waals surface area contributed by atoms with E-state index in [1.807, 2.05) is 0 Å². The molecule has 3 aliphatic carbocycles. The van der Waals surface area contributed by atoms with Crippen molar-refractivity contribution in [3.05, 3.63) is 17.5 Å². The van der Waals surface area contributed by atoms with Crippen molar-refractivity contribution in [2.24, 2.45) is 11.8 Å². The number of amides is 2. The molecule has 3 saturated carbocycles. The third-order valence-corrected chi connectivity index (χ3v) is 6.67. The lowest BCUT2D eigenvalue weighted by molar-refractivity contribution is 0.178. The minimum absolute atomic E-state index is 0.111. The summed E-state index contributed by atoms with van der Waals surface area (Å²) in [6, 6.07) is 0.981. The largest absolute Gasteiger partial charge is 0.335 e. The predicted molar refractivity (Wildman–Crippen MR) is 86.4 cm³/mol. The van der Waals surface area contributed by atoms with Crippen LogP contribution in [-0.4, -0.2) is 29.7 Å². The molecule has 2 bridgehead atoms. The highest BCUT2D eigenvalue weighted by atomic mass is 32.2. The van der Waals surface area contributed by atoms with Gasteiger partial charge in [-0.25, -0.2) is 27.9 Å². The van der Waals surface area contributed by atoms with Crippen molar-refractivity contribution in [2.45, 2.75) is 51.2 Å². The summed E-state index contributed by atoms with van der Waals surface area (Å²) in [6.45, 7) is 3.57. The molecule has 23 heavy (non-hydrogen) atoms. The molecule has 1 aromatic rings. The fourth-order valence-corrected chi connectivity index (χ4v) is 5.58. The Morgan fingerprint density at radius 1 is 1.13 bits per heavy atom. The molecule has 0 radical (unpaired) electrons. The van der Waals surface area contributed by atoms with Crippen molar-refractivity contribution < 1.29 is 13.2 Å². The molecule has 3 aliphatic rings. The smallest absolute Gasteiger partial charge is 0.275 e. The Hall–Kier alpha value is -1.70. The number of carbonyl (C=O) groups excluding carboxylic acids is 1. The van der Waals surface area contributed by atoms with E-state index < -0.39 is 21.3 Å². The Morgan fingerprint density at radius 2 is 1.74 bits per heavy atom. The molecule has 8 heteroatoms. The van der Waals surface area contributed by atoms with E-state index in [2.05, 4.69) is 20.0 Å². The van der Waals surface area contributed by atoms with Gasteiger partial charge in [0.25, 0.3) is 0 Å². The van der Waals surface area contributed by atoms with Crippen molar-refractivity contribution in [1.29, 1.82) is 0 Å². The Morgan fingerprint density at radius 3 is 2.26 bits per heavy atom. The second-order valence-electron chi connectivity index (χ2n) is 6.63. The van der Waals surface area contributed by atoms with Crippen molar-refractivity contribution >= 4 is 22.0 Å². The third kappa shape index (κ3) is 3.63. The molecule has 126 valence electrons. The summed E-state index contributed by atoms with van der Waals surface area (Å²) in [6.07, 6.45) is 4.77. The lowest BCUT2D eigenvalue weighted by Gasteiger charge is -2.41. The zero-order chi connectivity index (χ0) is 16.6. The topological polar surface area (TPSA) is 101 Å². The normalized spacial score (nSPS) is 26.8. The summed E-state index contributed by atoms with van der Waals surface area (Å²) < 4.78 is 27.1. The number of fused-ring (bicyclic) bond motifs is 3. The van der Waals surface area contributed by atoms with Gasteiger partial charge in [0.2, 0.25) is 16.0 Å². The first-order valence-electron chi connectivity index (χ1n) is 7.98. The standard InChI is InChI=1S/C15H22N4O3S/c1-9-7-10(2)17-14(16-9)18-15(20)19-23(21,22)13-8-11-3-5-12(13)6-4-11/h7,11-13H,3-6,8H2,1-2H3,(H2,16,17,18,19,20). The number of hydrogen-bond acceptors (Lipinski definition) is 5. The van der Waals surface area contributed by atoms with Gasteiger partial charge in [0.15, 0.2) is 0 Å². The second kappa shape index (κ2) is 6.07. The number of rotatable bonds is 3. The van der Waals surface area contributed by atoms with Crippen LogP contribution in [0, 0.1) is 25.7 Å². The molecule has 2 N–H and O–H groups in total. The minimum Gasteiger partial charge on any atom is -0.275 e. The molecule has 4 rings (SSSR count). The number of aromatic nitrogens is 2. The van der Waals surface area contributed by atoms with Gasteiger partial charge in [0, 0.05) is 11.4 Å². The molecule has 0 aromatic carbocycles. The van der Waals surface area contributed by atoms with Crippen LogP contribution in [0.4, 0.5) is 10.7 Å². The summed E-state index contributed by atoms with van der Waals surface area (Å²) in [5.41, 5.74) is 1.42. The van der Waals surface area contributed by atoms with Crippen molar-refractivity contribution in [1.82, 2.24) is 14.7 Å². The molecule has 3 fully saturated rings. The van der Waals surface area contributed by atoms with Crippen molar-refractivity contribution in [3.8, 4) is 0 Å². The number of aryl methyl sites for hydroxylation is 2. The monoisotopic (exact) mass is 338 g/mol. The molecule has 0 saturated heterocycles. The fraction of sp³-hybridized carbons (Fsp3) is 0.667. The molecule has 0 aliphatic heterocycles. The van der Waals surface area contributed by atoms with E-state index in [0.29, 0.717) is 23.7 Å². The van der Waals surface area contributed by atoms with Gasteiger partial charge in [-0.05, 0) is 51.0 Å². The van der Waals surface area contributed by atoms with E-state index in [4.69, 9.17) is 0 Å². The van der Waals surface area contributed by atoms with Crippen LogP contribution in [0.3, 0.4) is 0 Å². The third-order valence-electron chi connectivity index (χ3n) is 4.82. The van der Waals surface area contributed by atoms with E-state index in [1.165, 1.54) is 0 Å². The van der Waals surface area contributed by atoms with E-state index >= 15 is 0 Å². The predicted octanol–water partition coefficient (Wildman–Crippen LogP) is 2.12. The molecule has 1 aromatic heterocycles. The lowest BCUT2D eigenvalue weighted by atomic mass is 9.70. The van der Waals surface area contributed by atoms with Crippen molar-refractivity contribution in [3.63, 3.8) is 0 Å². The molecular weight excluding hydrogens is 316 g/mol. The maximum Gasteiger partial charge on any atom is 0.335 e. The van der Waals surface area contributed by atoms with Crippen LogP contribution in [0.1, 0.15) is 43.5 Å². The van der Waals surface area contributed by atoms with E-state index in [-0.39, 0.29) is 11.9 Å². The number of hydrogen-bond donors (Lipinski definition) is 2. The number of anilines is 1. The van der Waals surface area contributed by atoms with Gasteiger partial charge in [-0.3, -0.25) is 5.32 Å². The van der Waals surface area contributed by atoms with Gasteiger partial charge >= 0.3 is 6.03 Å². The molecule has 1 atom stereocenters. The summed E-state index contributed by atoms with van der Waals surface area (Å²) in [5.74, 6) is 0.760. The first kappa shape index (κ1) is 16.2. The quantitative estimate of drug-likeness (QED) is 0.879. The minimum atomic E-state index is -3.67. The van der Waals surface area contributed by atoms with Crippen LogP contribution in [0.5, 0.6) is 0 Å². The molecule has 1 heterocycles. The number of nitrogens with one attached hydrogen (secondary N) is 2. The highest BCUT2D eigenvalue weighted by Gasteiger charge is 2.43. The molecule has 1 unspecified atom stereocenters. The average Bonchev–Trinajstić information content (AvgIpc) is 2.46. The van der Waals surface area contributed by atoms with Gasteiger partial charge in [0.1, 0.15) is 0 Å². The van der Waals surface area contributed by atoms with E-state index in [0.717, 1.165) is 25.7 Å². The first-order chi connectivity index (χ1) is 10.8. The second-order valence-corrected chi connectivity index (χ2v) is 8.53. The summed E-state index contributed by atoms with van der Waals surface area (Å²) >= 11 is 0. The van der Waals surface area contributed by atoms with Crippen LogP contribution >= 0.6 is 0 Å². The number of carbonyl (C=O) groups is 1. The van der Waals surface area contributed by atoms with E-state index in [9.17, 15) is 13.2 Å². The number of sulfonamides is 1. The summed E-state index contributed by atoms with van der Waals surface area (Å²) in [4.78, 5) is 20.2. The number of urea groups is 1. The summed E-state index contributed by atoms with van der Waals surface area (Å²) in [7, 11) is -3.67.